The summed E-state index contributed by atoms with van der Waals surface area (Å²) < 4.78 is 19.0. The van der Waals surface area contributed by atoms with Crippen LogP contribution < -0.4 is 10.5 Å². The van der Waals surface area contributed by atoms with Crippen LogP contribution in [0.15, 0.2) is 24.3 Å². The Morgan fingerprint density at radius 3 is 2.73 bits per heavy atom. The van der Waals surface area contributed by atoms with Crippen molar-refractivity contribution in [2.24, 2.45) is 5.73 Å². The van der Waals surface area contributed by atoms with Crippen LogP contribution in [0.1, 0.15) is 15.2 Å². The molecule has 0 fully saturated rings. The number of carboxylic acids is 1. The number of benzene rings is 1. The van der Waals surface area contributed by atoms with Crippen LogP contribution in [0, 0.1) is 0 Å². The SMILES string of the molecule is [2H]COc1ccc(C[C@@](N)(C[2H])C(=O)O)cc1. The summed E-state index contributed by atoms with van der Waals surface area (Å²) in [7, 11) is -0.165. The van der Waals surface area contributed by atoms with E-state index in [2.05, 4.69) is 0 Å². The molecular formula is C11H15NO3. The monoisotopic (exact) mass is 211 g/mol. The van der Waals surface area contributed by atoms with Crippen molar-refractivity contribution in [1.82, 2.24) is 0 Å². The van der Waals surface area contributed by atoms with Gasteiger partial charge >= 0.3 is 5.97 Å². The molecule has 0 heterocycles. The van der Waals surface area contributed by atoms with E-state index in [1.807, 2.05) is 0 Å². The minimum absolute atomic E-state index is 0.0903. The third kappa shape index (κ3) is 2.95. The maximum Gasteiger partial charge on any atom is 0.323 e. The predicted octanol–water partition coefficient (Wildman–Crippen LogP) is 1.04. The molecule has 1 atom stereocenters. The maximum absolute atomic E-state index is 10.9. The molecule has 0 aliphatic rings. The van der Waals surface area contributed by atoms with Crippen molar-refractivity contribution in [3.05, 3.63) is 29.8 Å². The van der Waals surface area contributed by atoms with E-state index in [9.17, 15) is 4.79 Å². The van der Waals surface area contributed by atoms with E-state index >= 15 is 0 Å². The molecule has 1 rings (SSSR count). The molecule has 0 radical (unpaired) electrons. The van der Waals surface area contributed by atoms with Gasteiger partial charge in [-0.25, -0.2) is 0 Å². The Balaban J connectivity index is 2.77. The molecule has 0 saturated heterocycles. The van der Waals surface area contributed by atoms with Crippen LogP contribution in [0.5, 0.6) is 5.75 Å². The van der Waals surface area contributed by atoms with E-state index < -0.39 is 11.5 Å². The zero-order valence-corrected chi connectivity index (χ0v) is 8.27. The van der Waals surface area contributed by atoms with Crippen molar-refractivity contribution in [1.29, 1.82) is 0 Å². The van der Waals surface area contributed by atoms with E-state index in [4.69, 9.17) is 18.3 Å². The molecular weight excluding hydrogens is 194 g/mol. The van der Waals surface area contributed by atoms with Crippen LogP contribution in [0.4, 0.5) is 0 Å². The van der Waals surface area contributed by atoms with Gasteiger partial charge in [0.1, 0.15) is 11.3 Å². The van der Waals surface area contributed by atoms with Crippen LogP contribution in [-0.2, 0) is 11.2 Å². The lowest BCUT2D eigenvalue weighted by Crippen LogP contribution is -2.46. The summed E-state index contributed by atoms with van der Waals surface area (Å²) >= 11 is 0. The van der Waals surface area contributed by atoms with Gasteiger partial charge in [0.15, 0.2) is 0 Å². The van der Waals surface area contributed by atoms with E-state index in [-0.39, 0.29) is 20.4 Å². The number of carboxylic acid groups (broad SMARTS) is 1. The Kier molecular flexibility index (Phi) is 2.51. The number of nitrogens with two attached hydrogens (primary N) is 1. The van der Waals surface area contributed by atoms with Crippen molar-refractivity contribution >= 4 is 5.97 Å². The molecule has 3 N–H and O–H groups in total. The number of methoxy groups -OCH3 is 1. The van der Waals surface area contributed by atoms with Crippen LogP contribution in [-0.4, -0.2) is 23.7 Å². The molecule has 15 heavy (non-hydrogen) atoms. The fourth-order valence-corrected chi connectivity index (χ4v) is 1.14. The summed E-state index contributed by atoms with van der Waals surface area (Å²) in [5, 5.41) is 8.94. The lowest BCUT2D eigenvalue weighted by Gasteiger charge is -2.18. The van der Waals surface area contributed by atoms with Gasteiger partial charge in [0.25, 0.3) is 0 Å². The normalized spacial score (nSPS) is 16.1. The Labute approximate surface area is 91.5 Å². The number of aliphatic carboxylic acids is 1. The zero-order valence-electron chi connectivity index (χ0n) is 10.3. The Hall–Kier alpha value is -1.55. The van der Waals surface area contributed by atoms with Gasteiger partial charge in [-0.3, -0.25) is 4.79 Å². The predicted molar refractivity (Wildman–Crippen MR) is 56.9 cm³/mol. The minimum atomic E-state index is -1.56. The van der Waals surface area contributed by atoms with Gasteiger partial charge < -0.3 is 15.6 Å². The second-order valence-electron chi connectivity index (χ2n) is 3.43. The molecule has 0 aliphatic carbocycles. The highest BCUT2D eigenvalue weighted by molar-refractivity contribution is 5.78. The van der Waals surface area contributed by atoms with Crippen LogP contribution in [0.2, 0.25) is 0 Å². The second-order valence-corrected chi connectivity index (χ2v) is 3.43. The van der Waals surface area contributed by atoms with Crippen molar-refractivity contribution in [2.75, 3.05) is 7.09 Å². The molecule has 4 nitrogen and oxygen atoms in total. The Bertz CT molecular complexity index is 383. The lowest BCUT2D eigenvalue weighted by molar-refractivity contribution is -0.142. The quantitative estimate of drug-likeness (QED) is 0.780. The lowest BCUT2D eigenvalue weighted by atomic mass is 9.94. The molecule has 0 unspecified atom stereocenters. The van der Waals surface area contributed by atoms with Crippen LogP contribution >= 0.6 is 0 Å². The number of ether oxygens (including phenoxy) is 1. The van der Waals surface area contributed by atoms with Crippen molar-refractivity contribution in [3.8, 4) is 5.75 Å². The summed E-state index contributed by atoms with van der Waals surface area (Å²) in [6.07, 6.45) is 0.0903. The average Bonchev–Trinajstić information content (AvgIpc) is 2.31. The first-order valence-corrected chi connectivity index (χ1v) is 4.34. The van der Waals surface area contributed by atoms with E-state index in [1.54, 1.807) is 24.3 Å². The van der Waals surface area contributed by atoms with Crippen LogP contribution in [0.25, 0.3) is 0 Å². The standard InChI is InChI=1S/C11H15NO3/c1-11(12,10(13)14)7-8-3-5-9(15-2)6-4-8/h3-6H,7,12H2,1-2H3,(H,13,14)/t11-/m0/s1/i1D,2D. The highest BCUT2D eigenvalue weighted by atomic mass is 16.5. The number of rotatable bonds is 4. The van der Waals surface area contributed by atoms with E-state index in [0.717, 1.165) is 5.56 Å². The molecule has 1 aromatic carbocycles. The molecule has 0 aliphatic heterocycles. The fourth-order valence-electron chi connectivity index (χ4n) is 1.14. The first-order valence-electron chi connectivity index (χ1n) is 5.76. The first-order chi connectivity index (χ1) is 8.01. The number of carbonyl (C=O) groups is 1. The van der Waals surface area contributed by atoms with Crippen molar-refractivity contribution < 1.29 is 17.4 Å². The summed E-state index contributed by atoms with van der Waals surface area (Å²) in [5.74, 6) is -0.633. The van der Waals surface area contributed by atoms with E-state index in [0.29, 0.717) is 5.75 Å². The molecule has 1 aromatic rings. The Morgan fingerprint density at radius 2 is 2.27 bits per heavy atom. The van der Waals surface area contributed by atoms with Gasteiger partial charge in [-0.1, -0.05) is 12.1 Å². The zero-order chi connectivity index (χ0) is 12.9. The largest absolute Gasteiger partial charge is 0.497 e. The van der Waals surface area contributed by atoms with Crippen molar-refractivity contribution in [3.63, 3.8) is 0 Å². The first kappa shape index (κ1) is 8.73. The van der Waals surface area contributed by atoms with Gasteiger partial charge in [-0.15, -0.1) is 0 Å². The topological polar surface area (TPSA) is 72.5 Å². The number of hydrogen-bond donors (Lipinski definition) is 2. The molecule has 0 spiro atoms. The van der Waals surface area contributed by atoms with E-state index in [1.165, 1.54) is 0 Å². The highest BCUT2D eigenvalue weighted by Gasteiger charge is 2.27. The summed E-state index contributed by atoms with van der Waals surface area (Å²) in [6, 6.07) is 6.67. The maximum atomic E-state index is 10.9. The summed E-state index contributed by atoms with van der Waals surface area (Å²) in [4.78, 5) is 10.9. The fraction of sp³-hybridized carbons (Fsp3) is 0.364. The smallest absolute Gasteiger partial charge is 0.323 e. The minimum Gasteiger partial charge on any atom is -0.497 e. The molecule has 0 aromatic heterocycles. The third-order valence-corrected chi connectivity index (χ3v) is 2.04. The van der Waals surface area contributed by atoms with Gasteiger partial charge in [0.2, 0.25) is 0 Å². The molecule has 0 saturated carbocycles. The van der Waals surface area contributed by atoms with Gasteiger partial charge in [-0.05, 0) is 24.6 Å². The van der Waals surface area contributed by atoms with Crippen LogP contribution in [0.3, 0.4) is 0 Å². The molecule has 0 bridgehead atoms. The number of hydrogen-bond acceptors (Lipinski definition) is 3. The second kappa shape index (κ2) is 4.31. The van der Waals surface area contributed by atoms with Gasteiger partial charge in [-0.2, -0.15) is 0 Å². The molecule has 4 heteroatoms. The summed E-state index contributed by atoms with van der Waals surface area (Å²) in [5.41, 5.74) is 4.78. The highest BCUT2D eigenvalue weighted by Crippen LogP contribution is 2.15. The molecule has 0 amide bonds. The molecule has 82 valence electrons. The van der Waals surface area contributed by atoms with Gasteiger partial charge in [0.05, 0.1) is 8.46 Å². The van der Waals surface area contributed by atoms with Gasteiger partial charge in [0, 0.05) is 7.79 Å². The average molecular weight is 211 g/mol. The summed E-state index contributed by atoms with van der Waals surface area (Å²) in [6.45, 7) is -0.382. The Morgan fingerprint density at radius 1 is 1.60 bits per heavy atom. The van der Waals surface area contributed by atoms with Crippen molar-refractivity contribution in [2.45, 2.75) is 18.9 Å². The third-order valence-electron chi connectivity index (χ3n) is 2.04.